The second-order valence-electron chi connectivity index (χ2n) is 5.24. The van der Waals surface area contributed by atoms with Crippen LogP contribution in [0.5, 0.6) is 0 Å². The molecule has 0 saturated carbocycles. The van der Waals surface area contributed by atoms with Crippen molar-refractivity contribution in [3.8, 4) is 0 Å². The highest BCUT2D eigenvalue weighted by Crippen LogP contribution is 2.18. The van der Waals surface area contributed by atoms with Crippen LogP contribution in [0.4, 0.5) is 0 Å². The van der Waals surface area contributed by atoms with Crippen LogP contribution in [0.2, 0.25) is 0 Å². The maximum atomic E-state index is 5.79. The molecule has 0 bridgehead atoms. The standard InChI is InChI=1S/C16H20N2OS/c1-3-15(19-9-1)12-18(13-16-4-2-10-20-16)11-14-5-7-17-8-6-14/h2,4-8,10,15H,1,3,9,11-13H2. The van der Waals surface area contributed by atoms with Crippen LogP contribution >= 0.6 is 11.3 Å². The van der Waals surface area contributed by atoms with Crippen molar-refractivity contribution in [2.45, 2.75) is 32.0 Å². The molecular weight excluding hydrogens is 268 g/mol. The number of nitrogens with zero attached hydrogens (tertiary/aromatic N) is 2. The Balaban J connectivity index is 1.65. The van der Waals surface area contributed by atoms with Crippen molar-refractivity contribution in [2.24, 2.45) is 0 Å². The third-order valence-electron chi connectivity index (χ3n) is 3.60. The summed E-state index contributed by atoms with van der Waals surface area (Å²) in [5.74, 6) is 0. The number of hydrogen-bond donors (Lipinski definition) is 0. The van der Waals surface area contributed by atoms with Crippen LogP contribution in [0.15, 0.2) is 42.0 Å². The monoisotopic (exact) mass is 288 g/mol. The van der Waals surface area contributed by atoms with E-state index < -0.39 is 0 Å². The number of hydrogen-bond acceptors (Lipinski definition) is 4. The zero-order valence-corrected chi connectivity index (χ0v) is 12.4. The molecule has 1 fully saturated rings. The number of pyridine rings is 1. The van der Waals surface area contributed by atoms with E-state index in [0.29, 0.717) is 6.10 Å². The van der Waals surface area contributed by atoms with Crippen molar-refractivity contribution in [1.82, 2.24) is 9.88 Å². The molecule has 1 atom stereocenters. The zero-order valence-electron chi connectivity index (χ0n) is 11.6. The first-order valence-electron chi connectivity index (χ1n) is 7.15. The molecule has 20 heavy (non-hydrogen) atoms. The Bertz CT molecular complexity index is 494. The van der Waals surface area contributed by atoms with E-state index in [-0.39, 0.29) is 0 Å². The van der Waals surface area contributed by atoms with Gasteiger partial charge in [0.1, 0.15) is 0 Å². The Morgan fingerprint density at radius 2 is 2.15 bits per heavy atom. The summed E-state index contributed by atoms with van der Waals surface area (Å²) >= 11 is 1.82. The van der Waals surface area contributed by atoms with E-state index in [9.17, 15) is 0 Å². The summed E-state index contributed by atoms with van der Waals surface area (Å²) in [6.07, 6.45) is 6.52. The summed E-state index contributed by atoms with van der Waals surface area (Å²) in [5, 5.41) is 2.14. The highest BCUT2D eigenvalue weighted by atomic mass is 32.1. The van der Waals surface area contributed by atoms with E-state index in [1.807, 2.05) is 23.7 Å². The van der Waals surface area contributed by atoms with E-state index in [1.54, 1.807) is 0 Å². The van der Waals surface area contributed by atoms with Gasteiger partial charge in [-0.3, -0.25) is 9.88 Å². The Labute approximate surface area is 124 Å². The third-order valence-corrected chi connectivity index (χ3v) is 4.46. The van der Waals surface area contributed by atoms with Crippen LogP contribution in [0.1, 0.15) is 23.3 Å². The van der Waals surface area contributed by atoms with Crippen LogP contribution < -0.4 is 0 Å². The van der Waals surface area contributed by atoms with Gasteiger partial charge in [-0.25, -0.2) is 0 Å². The number of aromatic nitrogens is 1. The predicted octanol–water partition coefficient (Wildman–Crippen LogP) is 3.32. The zero-order chi connectivity index (χ0) is 13.6. The van der Waals surface area contributed by atoms with Gasteiger partial charge in [-0.05, 0) is 42.0 Å². The second-order valence-corrected chi connectivity index (χ2v) is 6.27. The molecular formula is C16H20N2OS. The molecule has 0 radical (unpaired) electrons. The van der Waals surface area contributed by atoms with E-state index >= 15 is 0 Å². The fraction of sp³-hybridized carbons (Fsp3) is 0.438. The summed E-state index contributed by atoms with van der Waals surface area (Å²) in [7, 11) is 0. The molecule has 3 rings (SSSR count). The average Bonchev–Trinajstić information content (AvgIpc) is 3.13. The minimum Gasteiger partial charge on any atom is -0.377 e. The molecule has 0 aliphatic carbocycles. The van der Waals surface area contributed by atoms with Gasteiger partial charge in [0, 0.05) is 43.5 Å². The second kappa shape index (κ2) is 6.97. The van der Waals surface area contributed by atoms with Gasteiger partial charge < -0.3 is 4.74 Å². The molecule has 4 heteroatoms. The SMILES string of the molecule is c1csc(CN(Cc2ccncc2)CC2CCCO2)c1. The van der Waals surface area contributed by atoms with Crippen molar-refractivity contribution in [1.29, 1.82) is 0 Å². The largest absolute Gasteiger partial charge is 0.377 e. The van der Waals surface area contributed by atoms with Gasteiger partial charge in [0.2, 0.25) is 0 Å². The van der Waals surface area contributed by atoms with E-state index in [0.717, 1.165) is 26.2 Å². The minimum atomic E-state index is 0.400. The quantitative estimate of drug-likeness (QED) is 0.815. The van der Waals surface area contributed by atoms with Gasteiger partial charge >= 0.3 is 0 Å². The van der Waals surface area contributed by atoms with Gasteiger partial charge in [0.05, 0.1) is 6.10 Å². The fourth-order valence-corrected chi connectivity index (χ4v) is 3.38. The first kappa shape index (κ1) is 13.7. The molecule has 0 amide bonds. The molecule has 106 valence electrons. The maximum absolute atomic E-state index is 5.79. The lowest BCUT2D eigenvalue weighted by molar-refractivity contribution is 0.0682. The lowest BCUT2D eigenvalue weighted by Gasteiger charge is -2.24. The number of thiophene rings is 1. The number of rotatable bonds is 6. The Hall–Kier alpha value is -1.23. The van der Waals surface area contributed by atoms with Gasteiger partial charge in [-0.15, -0.1) is 11.3 Å². The third kappa shape index (κ3) is 3.88. The lowest BCUT2D eigenvalue weighted by Crippen LogP contribution is -2.31. The summed E-state index contributed by atoms with van der Waals surface area (Å²) in [6.45, 7) is 3.90. The van der Waals surface area contributed by atoms with Crippen LogP contribution in [-0.4, -0.2) is 29.1 Å². The lowest BCUT2D eigenvalue weighted by atomic mass is 10.2. The van der Waals surface area contributed by atoms with E-state index in [4.69, 9.17) is 4.74 Å². The Morgan fingerprint density at radius 3 is 2.85 bits per heavy atom. The van der Waals surface area contributed by atoms with Gasteiger partial charge in [0.25, 0.3) is 0 Å². The van der Waals surface area contributed by atoms with Crippen molar-refractivity contribution in [3.05, 3.63) is 52.5 Å². The maximum Gasteiger partial charge on any atom is 0.0703 e. The molecule has 0 N–H and O–H groups in total. The molecule has 0 spiro atoms. The first-order valence-corrected chi connectivity index (χ1v) is 8.03. The molecule has 3 nitrogen and oxygen atoms in total. The minimum absolute atomic E-state index is 0.400. The van der Waals surface area contributed by atoms with Crippen LogP contribution in [0.25, 0.3) is 0 Å². The van der Waals surface area contributed by atoms with E-state index in [1.165, 1.54) is 23.3 Å². The van der Waals surface area contributed by atoms with E-state index in [2.05, 4.69) is 39.5 Å². The first-order chi connectivity index (χ1) is 9.90. The van der Waals surface area contributed by atoms with Crippen LogP contribution in [-0.2, 0) is 17.8 Å². The molecule has 1 aliphatic heterocycles. The number of ether oxygens (including phenoxy) is 1. The molecule has 1 saturated heterocycles. The average molecular weight is 288 g/mol. The molecule has 1 unspecified atom stereocenters. The fourth-order valence-electron chi connectivity index (χ4n) is 2.63. The highest BCUT2D eigenvalue weighted by molar-refractivity contribution is 7.09. The molecule has 1 aliphatic rings. The van der Waals surface area contributed by atoms with Crippen molar-refractivity contribution >= 4 is 11.3 Å². The predicted molar refractivity (Wildman–Crippen MR) is 81.6 cm³/mol. The molecule has 0 aromatic carbocycles. The molecule has 2 aromatic rings. The van der Waals surface area contributed by atoms with Crippen molar-refractivity contribution < 1.29 is 4.74 Å². The van der Waals surface area contributed by atoms with Crippen molar-refractivity contribution in [2.75, 3.05) is 13.2 Å². The summed E-state index contributed by atoms with van der Waals surface area (Å²) in [4.78, 5) is 7.99. The molecule has 2 aromatic heterocycles. The van der Waals surface area contributed by atoms with Crippen molar-refractivity contribution in [3.63, 3.8) is 0 Å². The van der Waals surface area contributed by atoms with Crippen LogP contribution in [0.3, 0.4) is 0 Å². The van der Waals surface area contributed by atoms with Crippen LogP contribution in [0, 0.1) is 0 Å². The van der Waals surface area contributed by atoms with Gasteiger partial charge in [-0.1, -0.05) is 6.07 Å². The van der Waals surface area contributed by atoms with Gasteiger partial charge in [-0.2, -0.15) is 0 Å². The normalized spacial score (nSPS) is 18.8. The summed E-state index contributed by atoms with van der Waals surface area (Å²) < 4.78 is 5.79. The smallest absolute Gasteiger partial charge is 0.0703 e. The Morgan fingerprint density at radius 1 is 1.25 bits per heavy atom. The summed E-state index contributed by atoms with van der Waals surface area (Å²) in [6, 6.07) is 8.52. The Kier molecular flexibility index (Phi) is 4.79. The van der Waals surface area contributed by atoms with Gasteiger partial charge in [0.15, 0.2) is 0 Å². The highest BCUT2D eigenvalue weighted by Gasteiger charge is 2.19. The summed E-state index contributed by atoms with van der Waals surface area (Å²) in [5.41, 5.74) is 1.31. The molecule has 3 heterocycles. The topological polar surface area (TPSA) is 25.4 Å².